The lowest BCUT2D eigenvalue weighted by atomic mass is 10.3. The summed E-state index contributed by atoms with van der Waals surface area (Å²) < 4.78 is 0. The molecule has 1 saturated heterocycles. The van der Waals surface area contributed by atoms with Crippen LogP contribution < -0.4 is 11.1 Å². The van der Waals surface area contributed by atoms with E-state index in [1.807, 2.05) is 38.0 Å². The number of nitrogens with zero attached hydrogens (tertiary/aromatic N) is 6. The number of nitrogens with two attached hydrogens (primary N) is 1. The Hall–Kier alpha value is -1.54. The van der Waals surface area contributed by atoms with Gasteiger partial charge in [0.1, 0.15) is 0 Å². The Labute approximate surface area is 161 Å². The summed E-state index contributed by atoms with van der Waals surface area (Å²) in [6, 6.07) is 0. The third-order valence-electron chi connectivity index (χ3n) is 3.98. The van der Waals surface area contributed by atoms with Gasteiger partial charge in [-0.1, -0.05) is 13.3 Å². The van der Waals surface area contributed by atoms with E-state index in [-0.39, 0.29) is 0 Å². The second kappa shape index (κ2) is 14.6. The molecule has 0 aromatic heterocycles. The van der Waals surface area contributed by atoms with Gasteiger partial charge in [0.25, 0.3) is 0 Å². The number of fused-ring (bicyclic) bond motifs is 1. The van der Waals surface area contributed by atoms with E-state index in [0.717, 1.165) is 45.2 Å². The van der Waals surface area contributed by atoms with Crippen molar-refractivity contribution in [2.45, 2.75) is 19.8 Å². The molecule has 0 amide bonds. The molecule has 0 aromatic rings. The molecule has 1 fully saturated rings. The topological polar surface area (TPSA) is 75.7 Å². The van der Waals surface area contributed by atoms with Gasteiger partial charge < -0.3 is 30.7 Å². The number of unbranched alkanes of at least 4 members (excludes halogenated alkanes) is 1. The van der Waals surface area contributed by atoms with Crippen LogP contribution in [0.3, 0.4) is 0 Å². The molecule has 0 unspecified atom stereocenters. The summed E-state index contributed by atoms with van der Waals surface area (Å²) >= 11 is 0. The molecule has 154 valence electrons. The minimum Gasteiger partial charge on any atom is -0.349 e. The van der Waals surface area contributed by atoms with E-state index in [1.165, 1.54) is 25.3 Å². The summed E-state index contributed by atoms with van der Waals surface area (Å²) in [5, 5.41) is 3.21. The number of aliphatic imine (C=N–C) groups is 2. The van der Waals surface area contributed by atoms with Crippen LogP contribution in [0.15, 0.2) is 9.98 Å². The van der Waals surface area contributed by atoms with Crippen molar-refractivity contribution in [2.24, 2.45) is 15.7 Å². The SMILES string of the molecule is CCCCNCCN.CN1CCN2CCN=C12.CN=C(N(C)C)N(C)C. The highest BCUT2D eigenvalue weighted by atomic mass is 15.4. The Balaban J connectivity index is 0.000000362. The molecular formula is C18H42N8. The first-order valence-electron chi connectivity index (χ1n) is 9.61. The Morgan fingerprint density at radius 2 is 1.81 bits per heavy atom. The number of nitrogens with one attached hydrogen (secondary N) is 1. The quantitative estimate of drug-likeness (QED) is 0.404. The van der Waals surface area contributed by atoms with Crippen molar-refractivity contribution < 1.29 is 0 Å². The smallest absolute Gasteiger partial charge is 0.196 e. The van der Waals surface area contributed by atoms with Crippen molar-refractivity contribution in [3.63, 3.8) is 0 Å². The minimum absolute atomic E-state index is 0.754. The maximum Gasteiger partial charge on any atom is 0.196 e. The number of guanidine groups is 2. The van der Waals surface area contributed by atoms with E-state index in [1.54, 1.807) is 7.05 Å². The van der Waals surface area contributed by atoms with Crippen molar-refractivity contribution in [1.82, 2.24) is 24.9 Å². The number of hydrogen-bond acceptors (Lipinski definition) is 6. The number of hydrogen-bond donors (Lipinski definition) is 2. The third kappa shape index (κ3) is 9.82. The summed E-state index contributed by atoms with van der Waals surface area (Å²) in [5.41, 5.74) is 5.25. The Morgan fingerprint density at radius 3 is 2.23 bits per heavy atom. The van der Waals surface area contributed by atoms with Crippen LogP contribution in [0.2, 0.25) is 0 Å². The average molecular weight is 371 g/mol. The zero-order valence-electron chi connectivity index (χ0n) is 18.1. The Morgan fingerprint density at radius 1 is 1.15 bits per heavy atom. The van der Waals surface area contributed by atoms with Gasteiger partial charge in [-0.15, -0.1) is 0 Å². The highest BCUT2D eigenvalue weighted by Crippen LogP contribution is 2.10. The van der Waals surface area contributed by atoms with E-state index in [4.69, 9.17) is 5.73 Å². The van der Waals surface area contributed by atoms with Crippen LogP contribution in [0.1, 0.15) is 19.8 Å². The van der Waals surface area contributed by atoms with Crippen molar-refractivity contribution >= 4 is 11.9 Å². The van der Waals surface area contributed by atoms with E-state index < -0.39 is 0 Å². The largest absolute Gasteiger partial charge is 0.349 e. The van der Waals surface area contributed by atoms with Crippen LogP contribution in [0.5, 0.6) is 0 Å². The fourth-order valence-corrected chi connectivity index (χ4v) is 2.74. The first-order valence-corrected chi connectivity index (χ1v) is 9.61. The van der Waals surface area contributed by atoms with Crippen molar-refractivity contribution in [3.05, 3.63) is 0 Å². The third-order valence-corrected chi connectivity index (χ3v) is 3.98. The van der Waals surface area contributed by atoms with Gasteiger partial charge in [0.2, 0.25) is 0 Å². The highest BCUT2D eigenvalue weighted by Gasteiger charge is 2.25. The first kappa shape index (κ1) is 24.5. The van der Waals surface area contributed by atoms with Gasteiger partial charge in [-0.3, -0.25) is 9.98 Å². The predicted molar refractivity (Wildman–Crippen MR) is 114 cm³/mol. The normalized spacial score (nSPS) is 14.5. The average Bonchev–Trinajstić information content (AvgIpc) is 3.19. The molecule has 0 aliphatic carbocycles. The zero-order valence-corrected chi connectivity index (χ0v) is 18.1. The molecule has 0 radical (unpaired) electrons. The van der Waals surface area contributed by atoms with Crippen molar-refractivity contribution in [1.29, 1.82) is 0 Å². The molecule has 2 aliphatic heterocycles. The molecule has 2 heterocycles. The highest BCUT2D eigenvalue weighted by molar-refractivity contribution is 5.83. The fourth-order valence-electron chi connectivity index (χ4n) is 2.74. The fraction of sp³-hybridized carbons (Fsp3) is 0.889. The van der Waals surface area contributed by atoms with Crippen LogP contribution in [0.4, 0.5) is 0 Å². The summed E-state index contributed by atoms with van der Waals surface area (Å²) in [6.45, 7) is 9.48. The van der Waals surface area contributed by atoms with Gasteiger partial charge in [0, 0.05) is 75.0 Å². The molecule has 2 aliphatic rings. The lowest BCUT2D eigenvalue weighted by Gasteiger charge is -2.21. The van der Waals surface area contributed by atoms with Crippen molar-refractivity contribution in [3.8, 4) is 0 Å². The van der Waals surface area contributed by atoms with E-state index in [0.29, 0.717) is 0 Å². The summed E-state index contributed by atoms with van der Waals surface area (Å²) in [6.07, 6.45) is 2.53. The zero-order chi connectivity index (χ0) is 19.9. The second-order valence-electron chi connectivity index (χ2n) is 6.80. The second-order valence-corrected chi connectivity index (χ2v) is 6.80. The summed E-state index contributed by atoms with van der Waals surface area (Å²) in [4.78, 5) is 16.9. The van der Waals surface area contributed by atoms with Crippen LogP contribution in [-0.4, -0.2) is 120 Å². The van der Waals surface area contributed by atoms with Gasteiger partial charge in [-0.2, -0.15) is 0 Å². The van der Waals surface area contributed by atoms with Gasteiger partial charge in [-0.25, -0.2) is 0 Å². The van der Waals surface area contributed by atoms with Crippen LogP contribution in [-0.2, 0) is 0 Å². The van der Waals surface area contributed by atoms with Gasteiger partial charge >= 0.3 is 0 Å². The molecule has 0 bridgehead atoms. The maximum absolute atomic E-state index is 5.25. The van der Waals surface area contributed by atoms with Crippen molar-refractivity contribution in [2.75, 3.05) is 88.1 Å². The molecular weight excluding hydrogens is 328 g/mol. The molecule has 3 N–H and O–H groups in total. The number of likely N-dealkylation sites (N-methyl/N-ethyl adjacent to an activating group) is 1. The van der Waals surface area contributed by atoms with Gasteiger partial charge in [0.05, 0.1) is 6.54 Å². The van der Waals surface area contributed by atoms with Crippen LogP contribution in [0.25, 0.3) is 0 Å². The number of rotatable bonds is 5. The van der Waals surface area contributed by atoms with Gasteiger partial charge in [0.15, 0.2) is 11.9 Å². The van der Waals surface area contributed by atoms with Crippen LogP contribution >= 0.6 is 0 Å². The molecule has 0 spiro atoms. The monoisotopic (exact) mass is 370 g/mol. The molecule has 26 heavy (non-hydrogen) atoms. The molecule has 0 aromatic carbocycles. The predicted octanol–water partition coefficient (Wildman–Crippen LogP) is 0.0336. The molecule has 8 heteroatoms. The summed E-state index contributed by atoms with van der Waals surface area (Å²) in [7, 11) is 11.8. The van der Waals surface area contributed by atoms with E-state index in [9.17, 15) is 0 Å². The lowest BCUT2D eigenvalue weighted by Crippen LogP contribution is -2.35. The minimum atomic E-state index is 0.754. The van der Waals surface area contributed by atoms with Crippen LogP contribution in [0, 0.1) is 0 Å². The van der Waals surface area contributed by atoms with Gasteiger partial charge in [-0.05, 0) is 13.0 Å². The maximum atomic E-state index is 5.25. The van der Waals surface area contributed by atoms with E-state index in [2.05, 4.69) is 39.1 Å². The molecule has 2 rings (SSSR count). The molecule has 0 saturated carbocycles. The molecule has 8 nitrogen and oxygen atoms in total. The standard InChI is InChI=1S/C6H11N3.C6H15N3.C6H16N2/c1-8-4-5-9-3-2-7-6(8)9;1-7-6(8(2)3)9(4)5;1-2-3-5-8-6-4-7/h2-5H2,1H3;1-5H3;8H,2-7H2,1H3. The first-order chi connectivity index (χ1) is 12.4. The Kier molecular flexibility index (Phi) is 13.7. The molecule has 0 atom stereocenters. The van der Waals surface area contributed by atoms with E-state index >= 15 is 0 Å². The Bertz CT molecular complexity index is 390. The summed E-state index contributed by atoms with van der Waals surface area (Å²) in [5.74, 6) is 2.19. The lowest BCUT2D eigenvalue weighted by molar-refractivity contribution is 0.482.